The zero-order valence-electron chi connectivity index (χ0n) is 12.3. The fourth-order valence-corrected chi connectivity index (χ4v) is 2.26. The van der Waals surface area contributed by atoms with Crippen molar-refractivity contribution in [3.8, 4) is 0 Å². The number of urea groups is 1. The van der Waals surface area contributed by atoms with Crippen LogP contribution in [0.5, 0.6) is 0 Å². The zero-order valence-corrected chi connectivity index (χ0v) is 12.3. The van der Waals surface area contributed by atoms with E-state index in [1.165, 1.54) is 0 Å². The Bertz CT molecular complexity index is 521. The Kier molecular flexibility index (Phi) is 5.10. The van der Waals surface area contributed by atoms with Gasteiger partial charge in [-0.2, -0.15) is 0 Å². The van der Waals surface area contributed by atoms with E-state index < -0.39 is 0 Å². The highest BCUT2D eigenvalue weighted by Crippen LogP contribution is 2.11. The van der Waals surface area contributed by atoms with Crippen molar-refractivity contribution < 1.29 is 14.3 Å². The minimum absolute atomic E-state index is 0.0366. The first-order chi connectivity index (χ1) is 10.1. The smallest absolute Gasteiger partial charge is 0.319 e. The number of nitrogens with one attached hydrogen (secondary N) is 2. The van der Waals surface area contributed by atoms with Gasteiger partial charge in [-0.15, -0.1) is 0 Å². The van der Waals surface area contributed by atoms with Crippen molar-refractivity contribution in [2.24, 2.45) is 0 Å². The number of hydrogen-bond acceptors (Lipinski definition) is 4. The van der Waals surface area contributed by atoms with Crippen LogP contribution in [0.3, 0.4) is 0 Å². The monoisotopic (exact) mass is 292 g/mol. The summed E-state index contributed by atoms with van der Waals surface area (Å²) in [6.45, 7) is 3.47. The molecule has 2 N–H and O–H groups in total. The number of likely N-dealkylation sites (tertiary alicyclic amines) is 1. The van der Waals surface area contributed by atoms with Crippen molar-refractivity contribution in [1.29, 1.82) is 0 Å². The standard InChI is InChI=1S/C14H20N4O3/c1-10-5-11(8-15-7-10)16-14(20)17-12-6-13(19)18(9-12)3-4-21-2/h5,7-8,12H,3-4,6,9H2,1-2H3,(H2,16,17,20)/t12-/m1/s1. The fraction of sp³-hybridized carbons (Fsp3) is 0.500. The van der Waals surface area contributed by atoms with Crippen molar-refractivity contribution >= 4 is 17.6 Å². The average Bonchev–Trinajstić information content (AvgIpc) is 2.76. The Morgan fingerprint density at radius 2 is 2.33 bits per heavy atom. The minimum atomic E-state index is -0.325. The lowest BCUT2D eigenvalue weighted by Gasteiger charge is -2.16. The molecule has 0 spiro atoms. The largest absolute Gasteiger partial charge is 0.383 e. The summed E-state index contributed by atoms with van der Waals surface area (Å²) in [6.07, 6.45) is 3.62. The molecule has 1 aromatic rings. The molecule has 2 rings (SSSR count). The summed E-state index contributed by atoms with van der Waals surface area (Å²) in [5.74, 6) is 0.0366. The summed E-state index contributed by atoms with van der Waals surface area (Å²) in [7, 11) is 1.60. The third-order valence-corrected chi connectivity index (χ3v) is 3.25. The first kappa shape index (κ1) is 15.2. The maximum atomic E-state index is 11.9. The number of pyridine rings is 1. The van der Waals surface area contributed by atoms with Gasteiger partial charge in [0.15, 0.2) is 0 Å². The highest BCUT2D eigenvalue weighted by atomic mass is 16.5. The molecule has 0 aromatic carbocycles. The number of anilines is 1. The van der Waals surface area contributed by atoms with Crippen LogP contribution in [0.2, 0.25) is 0 Å². The number of carbonyl (C=O) groups excluding carboxylic acids is 2. The number of nitrogens with zero attached hydrogens (tertiary/aromatic N) is 2. The maximum absolute atomic E-state index is 11.9. The molecule has 0 aliphatic carbocycles. The van der Waals surface area contributed by atoms with Crippen molar-refractivity contribution in [2.75, 3.05) is 32.1 Å². The van der Waals surface area contributed by atoms with Gasteiger partial charge in [0.25, 0.3) is 0 Å². The zero-order chi connectivity index (χ0) is 15.2. The van der Waals surface area contributed by atoms with Crippen LogP contribution in [0.4, 0.5) is 10.5 Å². The predicted molar refractivity (Wildman–Crippen MR) is 78.0 cm³/mol. The second kappa shape index (κ2) is 7.03. The van der Waals surface area contributed by atoms with E-state index in [2.05, 4.69) is 15.6 Å². The number of aryl methyl sites for hydroxylation is 1. The van der Waals surface area contributed by atoms with Crippen LogP contribution in [0.1, 0.15) is 12.0 Å². The lowest BCUT2D eigenvalue weighted by atomic mass is 10.2. The lowest BCUT2D eigenvalue weighted by Crippen LogP contribution is -2.40. The summed E-state index contributed by atoms with van der Waals surface area (Å²) in [5, 5.41) is 5.52. The van der Waals surface area contributed by atoms with Crippen molar-refractivity contribution in [3.05, 3.63) is 24.0 Å². The van der Waals surface area contributed by atoms with Gasteiger partial charge in [0.1, 0.15) is 0 Å². The van der Waals surface area contributed by atoms with Crippen LogP contribution in [0.25, 0.3) is 0 Å². The third-order valence-electron chi connectivity index (χ3n) is 3.25. The van der Waals surface area contributed by atoms with Gasteiger partial charge in [-0.3, -0.25) is 9.78 Å². The van der Waals surface area contributed by atoms with Gasteiger partial charge in [-0.05, 0) is 18.6 Å². The molecule has 21 heavy (non-hydrogen) atoms. The highest BCUT2D eigenvalue weighted by molar-refractivity contribution is 5.90. The van der Waals surface area contributed by atoms with Gasteiger partial charge in [0.05, 0.1) is 24.5 Å². The van der Waals surface area contributed by atoms with Gasteiger partial charge in [0.2, 0.25) is 5.91 Å². The Hall–Kier alpha value is -2.15. The maximum Gasteiger partial charge on any atom is 0.319 e. The molecule has 7 heteroatoms. The fourth-order valence-electron chi connectivity index (χ4n) is 2.26. The van der Waals surface area contributed by atoms with Crippen LogP contribution in [0.15, 0.2) is 18.5 Å². The molecular formula is C14H20N4O3. The van der Waals surface area contributed by atoms with E-state index in [-0.39, 0.29) is 18.0 Å². The molecule has 0 bridgehead atoms. The number of ether oxygens (including phenoxy) is 1. The number of hydrogen-bond donors (Lipinski definition) is 2. The van der Waals surface area contributed by atoms with Crippen LogP contribution in [-0.4, -0.2) is 54.7 Å². The molecular weight excluding hydrogens is 272 g/mol. The molecule has 0 saturated carbocycles. The summed E-state index contributed by atoms with van der Waals surface area (Å²) in [6, 6.07) is 1.33. The second-order valence-electron chi connectivity index (χ2n) is 5.08. The van der Waals surface area contributed by atoms with Crippen molar-refractivity contribution in [3.63, 3.8) is 0 Å². The van der Waals surface area contributed by atoms with Crippen LogP contribution < -0.4 is 10.6 Å². The molecule has 1 aromatic heterocycles. The van der Waals surface area contributed by atoms with E-state index in [0.29, 0.717) is 31.8 Å². The molecule has 0 unspecified atom stereocenters. The summed E-state index contributed by atoms with van der Waals surface area (Å²) >= 11 is 0. The topological polar surface area (TPSA) is 83.6 Å². The van der Waals surface area contributed by atoms with E-state index in [1.807, 2.05) is 13.0 Å². The molecule has 3 amide bonds. The Labute approximate surface area is 123 Å². The number of methoxy groups -OCH3 is 1. The Morgan fingerprint density at radius 1 is 1.52 bits per heavy atom. The first-order valence-electron chi connectivity index (χ1n) is 6.84. The minimum Gasteiger partial charge on any atom is -0.383 e. The van der Waals surface area contributed by atoms with E-state index in [4.69, 9.17) is 4.74 Å². The molecule has 0 radical (unpaired) electrons. The number of amides is 3. The normalized spacial score (nSPS) is 17.9. The third kappa shape index (κ3) is 4.42. The second-order valence-corrected chi connectivity index (χ2v) is 5.08. The summed E-state index contributed by atoms with van der Waals surface area (Å²) < 4.78 is 4.96. The van der Waals surface area contributed by atoms with Gasteiger partial charge >= 0.3 is 6.03 Å². The van der Waals surface area contributed by atoms with E-state index >= 15 is 0 Å². The predicted octanol–water partition coefficient (Wildman–Crippen LogP) is 0.759. The molecule has 114 valence electrons. The number of aromatic nitrogens is 1. The van der Waals surface area contributed by atoms with Gasteiger partial charge in [0, 0.05) is 32.8 Å². The summed E-state index contributed by atoms with van der Waals surface area (Å²) in [4.78, 5) is 29.4. The molecule has 1 atom stereocenters. The van der Waals surface area contributed by atoms with Crippen molar-refractivity contribution in [1.82, 2.24) is 15.2 Å². The van der Waals surface area contributed by atoms with Gasteiger partial charge < -0.3 is 20.3 Å². The highest BCUT2D eigenvalue weighted by Gasteiger charge is 2.30. The van der Waals surface area contributed by atoms with Gasteiger partial charge in [-0.1, -0.05) is 0 Å². The molecule has 1 aliphatic heterocycles. The number of carbonyl (C=O) groups is 2. The van der Waals surface area contributed by atoms with Crippen LogP contribution >= 0.6 is 0 Å². The molecule has 1 aliphatic rings. The molecule has 7 nitrogen and oxygen atoms in total. The van der Waals surface area contributed by atoms with Gasteiger partial charge in [-0.25, -0.2) is 4.79 Å². The average molecular weight is 292 g/mol. The van der Waals surface area contributed by atoms with Crippen LogP contribution in [-0.2, 0) is 9.53 Å². The Morgan fingerprint density at radius 3 is 3.05 bits per heavy atom. The lowest BCUT2D eigenvalue weighted by molar-refractivity contribution is -0.128. The summed E-state index contributed by atoms with van der Waals surface area (Å²) in [5.41, 5.74) is 1.60. The SMILES string of the molecule is COCCN1C[C@H](NC(=O)Nc2cncc(C)c2)CC1=O. The first-order valence-corrected chi connectivity index (χ1v) is 6.84. The van der Waals surface area contributed by atoms with Crippen molar-refractivity contribution in [2.45, 2.75) is 19.4 Å². The Balaban J connectivity index is 1.82. The van der Waals surface area contributed by atoms with E-state index in [9.17, 15) is 9.59 Å². The van der Waals surface area contributed by atoms with E-state index in [0.717, 1.165) is 5.56 Å². The molecule has 1 fully saturated rings. The molecule has 1 saturated heterocycles. The van der Waals surface area contributed by atoms with E-state index in [1.54, 1.807) is 24.4 Å². The van der Waals surface area contributed by atoms with Crippen LogP contribution in [0, 0.1) is 6.92 Å². The quantitative estimate of drug-likeness (QED) is 0.839. The number of rotatable bonds is 5. The molecule has 2 heterocycles.